The van der Waals surface area contributed by atoms with Crippen LogP contribution in [0, 0.1) is 0 Å². The zero-order chi connectivity index (χ0) is 14.7. The third-order valence-electron chi connectivity index (χ3n) is 3.98. The standard InChI is InChI=1S/C18H19NO2/c1-18(15-8-3-2-4-9-15)13-16(19-21-18)12-11-14-7-5-6-10-17(14)20/h2-10,20H,11-13H2,1H3. The molecule has 1 aliphatic rings. The maximum Gasteiger partial charge on any atom is 0.165 e. The maximum absolute atomic E-state index is 9.79. The number of benzene rings is 2. The van der Waals surface area contributed by atoms with Gasteiger partial charge in [0.15, 0.2) is 5.60 Å². The Morgan fingerprint density at radius 2 is 1.76 bits per heavy atom. The molecule has 0 radical (unpaired) electrons. The second kappa shape index (κ2) is 5.60. The van der Waals surface area contributed by atoms with Crippen LogP contribution in [0.2, 0.25) is 0 Å². The minimum atomic E-state index is -0.366. The molecule has 0 amide bonds. The number of para-hydroxylation sites is 1. The van der Waals surface area contributed by atoms with E-state index in [4.69, 9.17) is 4.84 Å². The lowest BCUT2D eigenvalue weighted by atomic mass is 9.89. The zero-order valence-electron chi connectivity index (χ0n) is 12.1. The largest absolute Gasteiger partial charge is 0.508 e. The van der Waals surface area contributed by atoms with E-state index in [0.717, 1.165) is 36.1 Å². The van der Waals surface area contributed by atoms with Gasteiger partial charge in [0.1, 0.15) is 5.75 Å². The van der Waals surface area contributed by atoms with Crippen LogP contribution in [0.1, 0.15) is 30.9 Å². The predicted molar refractivity (Wildman–Crippen MR) is 83.4 cm³/mol. The number of aryl methyl sites for hydroxylation is 1. The molecule has 1 atom stereocenters. The van der Waals surface area contributed by atoms with E-state index in [-0.39, 0.29) is 5.60 Å². The summed E-state index contributed by atoms with van der Waals surface area (Å²) in [6, 6.07) is 17.6. The third-order valence-corrected chi connectivity index (χ3v) is 3.98. The van der Waals surface area contributed by atoms with Gasteiger partial charge >= 0.3 is 0 Å². The highest BCUT2D eigenvalue weighted by molar-refractivity contribution is 5.86. The smallest absolute Gasteiger partial charge is 0.165 e. The Morgan fingerprint density at radius 1 is 1.05 bits per heavy atom. The molecule has 21 heavy (non-hydrogen) atoms. The van der Waals surface area contributed by atoms with Gasteiger partial charge in [-0.3, -0.25) is 0 Å². The summed E-state index contributed by atoms with van der Waals surface area (Å²) in [5.41, 5.74) is 2.78. The molecule has 1 heterocycles. The highest BCUT2D eigenvalue weighted by atomic mass is 16.7. The van der Waals surface area contributed by atoms with Crippen LogP contribution in [-0.4, -0.2) is 10.8 Å². The Morgan fingerprint density at radius 3 is 2.52 bits per heavy atom. The van der Waals surface area contributed by atoms with E-state index >= 15 is 0 Å². The predicted octanol–water partition coefficient (Wildman–Crippen LogP) is 4.02. The zero-order valence-corrected chi connectivity index (χ0v) is 12.1. The monoisotopic (exact) mass is 281 g/mol. The van der Waals surface area contributed by atoms with Gasteiger partial charge in [-0.05, 0) is 37.0 Å². The van der Waals surface area contributed by atoms with Crippen LogP contribution in [0.5, 0.6) is 5.75 Å². The van der Waals surface area contributed by atoms with Crippen LogP contribution >= 0.6 is 0 Å². The molecule has 1 unspecified atom stereocenters. The lowest BCUT2D eigenvalue weighted by Gasteiger charge is -2.21. The summed E-state index contributed by atoms with van der Waals surface area (Å²) in [6.07, 6.45) is 2.38. The van der Waals surface area contributed by atoms with Gasteiger partial charge in [-0.2, -0.15) is 0 Å². The van der Waals surface area contributed by atoms with Crippen LogP contribution < -0.4 is 0 Å². The van der Waals surface area contributed by atoms with Crippen molar-refractivity contribution >= 4 is 5.71 Å². The van der Waals surface area contributed by atoms with Crippen molar-refractivity contribution in [2.24, 2.45) is 5.16 Å². The Kier molecular flexibility index (Phi) is 3.65. The first kappa shape index (κ1) is 13.7. The Bertz CT molecular complexity index is 651. The first-order chi connectivity index (χ1) is 10.2. The fourth-order valence-corrected chi connectivity index (χ4v) is 2.70. The molecule has 3 nitrogen and oxygen atoms in total. The van der Waals surface area contributed by atoms with Gasteiger partial charge in [0.2, 0.25) is 0 Å². The molecule has 0 fully saturated rings. The molecule has 2 aromatic carbocycles. The van der Waals surface area contributed by atoms with E-state index < -0.39 is 0 Å². The van der Waals surface area contributed by atoms with Crippen molar-refractivity contribution in [1.82, 2.24) is 0 Å². The molecule has 3 heteroatoms. The lowest BCUT2D eigenvalue weighted by Crippen LogP contribution is -2.21. The SMILES string of the molecule is CC1(c2ccccc2)CC(CCc2ccccc2O)=NO1. The quantitative estimate of drug-likeness (QED) is 0.919. The molecule has 0 spiro atoms. The number of aromatic hydroxyl groups is 1. The molecule has 1 N–H and O–H groups in total. The van der Waals surface area contributed by atoms with Gasteiger partial charge in [0.05, 0.1) is 5.71 Å². The average Bonchev–Trinajstić information content (AvgIpc) is 2.90. The summed E-state index contributed by atoms with van der Waals surface area (Å²) < 4.78 is 0. The van der Waals surface area contributed by atoms with Gasteiger partial charge in [-0.15, -0.1) is 0 Å². The fraction of sp³-hybridized carbons (Fsp3) is 0.278. The van der Waals surface area contributed by atoms with Crippen LogP contribution in [0.3, 0.4) is 0 Å². The summed E-state index contributed by atoms with van der Waals surface area (Å²) in [4.78, 5) is 5.68. The minimum absolute atomic E-state index is 0.350. The first-order valence-corrected chi connectivity index (χ1v) is 7.24. The topological polar surface area (TPSA) is 41.8 Å². The van der Waals surface area contributed by atoms with E-state index in [2.05, 4.69) is 24.2 Å². The van der Waals surface area contributed by atoms with Gasteiger partial charge in [0.25, 0.3) is 0 Å². The number of phenols is 1. The minimum Gasteiger partial charge on any atom is -0.508 e. The molecular formula is C18H19NO2. The van der Waals surface area contributed by atoms with E-state index in [9.17, 15) is 5.11 Å². The summed E-state index contributed by atoms with van der Waals surface area (Å²) in [5.74, 6) is 0.350. The van der Waals surface area contributed by atoms with Crippen molar-refractivity contribution < 1.29 is 9.94 Å². The summed E-state index contributed by atoms with van der Waals surface area (Å²) in [6.45, 7) is 2.07. The molecule has 3 rings (SSSR count). The lowest BCUT2D eigenvalue weighted by molar-refractivity contribution is -0.00738. The second-order valence-corrected chi connectivity index (χ2v) is 5.65. The van der Waals surface area contributed by atoms with Crippen LogP contribution in [0.4, 0.5) is 0 Å². The highest BCUT2D eigenvalue weighted by Crippen LogP contribution is 2.35. The van der Waals surface area contributed by atoms with Crippen molar-refractivity contribution in [3.63, 3.8) is 0 Å². The number of oxime groups is 1. The van der Waals surface area contributed by atoms with E-state index in [1.807, 2.05) is 36.4 Å². The Balaban J connectivity index is 1.64. The van der Waals surface area contributed by atoms with Crippen LogP contribution in [-0.2, 0) is 16.9 Å². The first-order valence-electron chi connectivity index (χ1n) is 7.24. The molecule has 2 aromatic rings. The summed E-state index contributed by atoms with van der Waals surface area (Å²) in [7, 11) is 0. The number of phenolic OH excluding ortho intramolecular Hbond substituents is 1. The molecular weight excluding hydrogens is 262 g/mol. The van der Waals surface area contributed by atoms with Crippen LogP contribution in [0.25, 0.3) is 0 Å². The fourth-order valence-electron chi connectivity index (χ4n) is 2.70. The average molecular weight is 281 g/mol. The Hall–Kier alpha value is -2.29. The van der Waals surface area contributed by atoms with Crippen molar-refractivity contribution in [3.05, 3.63) is 65.7 Å². The molecule has 0 aromatic heterocycles. The normalized spacial score (nSPS) is 20.9. The van der Waals surface area contributed by atoms with Gasteiger partial charge in [0, 0.05) is 6.42 Å². The van der Waals surface area contributed by atoms with Crippen molar-refractivity contribution in [2.45, 2.75) is 31.8 Å². The van der Waals surface area contributed by atoms with E-state index in [0.29, 0.717) is 5.75 Å². The summed E-state index contributed by atoms with van der Waals surface area (Å²) >= 11 is 0. The van der Waals surface area contributed by atoms with Crippen molar-refractivity contribution in [2.75, 3.05) is 0 Å². The number of hydrogen-bond donors (Lipinski definition) is 1. The highest BCUT2D eigenvalue weighted by Gasteiger charge is 2.35. The van der Waals surface area contributed by atoms with Gasteiger partial charge in [-0.1, -0.05) is 53.7 Å². The molecule has 0 bridgehead atoms. The number of nitrogens with zero attached hydrogens (tertiary/aromatic N) is 1. The molecule has 1 aliphatic heterocycles. The molecule has 0 saturated heterocycles. The summed E-state index contributed by atoms with van der Waals surface area (Å²) in [5, 5.41) is 14.0. The molecule has 108 valence electrons. The van der Waals surface area contributed by atoms with Gasteiger partial charge < -0.3 is 9.94 Å². The van der Waals surface area contributed by atoms with Crippen molar-refractivity contribution in [3.8, 4) is 5.75 Å². The number of hydrogen-bond acceptors (Lipinski definition) is 3. The van der Waals surface area contributed by atoms with Gasteiger partial charge in [-0.25, -0.2) is 0 Å². The molecule has 0 aliphatic carbocycles. The van der Waals surface area contributed by atoms with Crippen LogP contribution in [0.15, 0.2) is 59.8 Å². The second-order valence-electron chi connectivity index (χ2n) is 5.65. The third kappa shape index (κ3) is 2.92. The van der Waals surface area contributed by atoms with E-state index in [1.54, 1.807) is 6.07 Å². The van der Waals surface area contributed by atoms with E-state index in [1.165, 1.54) is 0 Å². The molecule has 0 saturated carbocycles. The van der Waals surface area contributed by atoms with Crippen molar-refractivity contribution in [1.29, 1.82) is 0 Å². The maximum atomic E-state index is 9.79. The number of rotatable bonds is 4. The Labute approximate surface area is 124 Å².